The summed E-state index contributed by atoms with van der Waals surface area (Å²) in [4.78, 5) is 51.2. The maximum Gasteiger partial charge on any atom is 0.490 e. The Balaban J connectivity index is 2.20. The van der Waals surface area contributed by atoms with Crippen LogP contribution in [0.3, 0.4) is 0 Å². The lowest BCUT2D eigenvalue weighted by Gasteiger charge is -2.31. The van der Waals surface area contributed by atoms with Crippen molar-refractivity contribution in [2.45, 2.75) is 37.4 Å². The van der Waals surface area contributed by atoms with Gasteiger partial charge < -0.3 is 40.3 Å². The van der Waals surface area contributed by atoms with Gasteiger partial charge in [-0.05, 0) is 12.5 Å². The van der Waals surface area contributed by atoms with Gasteiger partial charge in [0.1, 0.15) is 23.6 Å². The molecular weight excluding hydrogens is 491 g/mol. The summed E-state index contributed by atoms with van der Waals surface area (Å²) < 4.78 is 52.0. The van der Waals surface area contributed by atoms with Gasteiger partial charge >= 0.3 is 29.2 Å². The molecule has 2 heterocycles. The molecular formula is C11H20N3O14P3. The summed E-state index contributed by atoms with van der Waals surface area (Å²) in [5.74, 6) is -0.122. The number of phosphoric ester groups is 1. The van der Waals surface area contributed by atoms with E-state index in [0.29, 0.717) is 0 Å². The van der Waals surface area contributed by atoms with Crippen molar-refractivity contribution < 1.29 is 61.4 Å². The van der Waals surface area contributed by atoms with Crippen molar-refractivity contribution in [1.29, 1.82) is 0 Å². The number of anilines is 1. The predicted molar refractivity (Wildman–Crippen MR) is 97.9 cm³/mol. The highest BCUT2D eigenvalue weighted by Gasteiger charge is 2.55. The van der Waals surface area contributed by atoms with E-state index in [0.717, 1.165) is 10.8 Å². The second kappa shape index (κ2) is 9.08. The van der Waals surface area contributed by atoms with E-state index in [4.69, 9.17) is 25.2 Å². The van der Waals surface area contributed by atoms with Crippen molar-refractivity contribution in [2.24, 2.45) is 0 Å². The summed E-state index contributed by atoms with van der Waals surface area (Å²) in [7, 11) is -16.8. The molecule has 0 saturated carbocycles. The van der Waals surface area contributed by atoms with Gasteiger partial charge in [0.25, 0.3) is 0 Å². The number of aliphatic hydroxyl groups is 2. The van der Waals surface area contributed by atoms with Gasteiger partial charge in [0.15, 0.2) is 6.23 Å². The summed E-state index contributed by atoms with van der Waals surface area (Å²) in [5.41, 5.74) is 2.52. The van der Waals surface area contributed by atoms with E-state index in [9.17, 15) is 33.6 Å². The average Bonchev–Trinajstić information content (AvgIpc) is 2.82. The Morgan fingerprint density at radius 2 is 1.81 bits per heavy atom. The smallest absolute Gasteiger partial charge is 0.387 e. The molecule has 1 aromatic rings. The number of aliphatic hydroxyl groups excluding tert-OH is 2. The number of aromatic nitrogens is 2. The molecule has 0 spiro atoms. The molecule has 0 radical (unpaired) electrons. The van der Waals surface area contributed by atoms with E-state index in [1.54, 1.807) is 0 Å². The molecule has 1 fully saturated rings. The molecule has 0 amide bonds. The highest BCUT2D eigenvalue weighted by molar-refractivity contribution is 7.66. The average molecular weight is 511 g/mol. The number of phosphoric acid groups is 3. The van der Waals surface area contributed by atoms with Crippen LogP contribution in [0.4, 0.5) is 5.82 Å². The number of rotatable bonds is 9. The van der Waals surface area contributed by atoms with Gasteiger partial charge in [-0.15, -0.1) is 0 Å². The molecule has 0 bridgehead atoms. The number of ether oxygens (including phenoxy) is 1. The van der Waals surface area contributed by atoms with E-state index < -0.39 is 59.8 Å². The largest absolute Gasteiger partial charge is 0.490 e. The Labute approximate surface area is 173 Å². The molecule has 31 heavy (non-hydrogen) atoms. The van der Waals surface area contributed by atoms with Crippen LogP contribution < -0.4 is 11.4 Å². The van der Waals surface area contributed by atoms with Crippen LogP contribution in [0.25, 0.3) is 0 Å². The monoisotopic (exact) mass is 511 g/mol. The molecule has 0 aromatic carbocycles. The van der Waals surface area contributed by atoms with E-state index in [-0.39, 0.29) is 12.2 Å². The number of nitrogen functional groups attached to an aromatic ring is 1. The van der Waals surface area contributed by atoms with E-state index in [1.807, 2.05) is 0 Å². The predicted octanol–water partition coefficient (Wildman–Crippen LogP) is -1.43. The van der Waals surface area contributed by atoms with Crippen LogP contribution in [0.2, 0.25) is 0 Å². The zero-order chi connectivity index (χ0) is 23.8. The molecule has 2 rings (SSSR count). The van der Waals surface area contributed by atoms with Crippen molar-refractivity contribution in [1.82, 2.24) is 9.55 Å². The third-order valence-electron chi connectivity index (χ3n) is 4.12. The molecule has 1 aliphatic heterocycles. The zero-order valence-electron chi connectivity index (χ0n) is 15.6. The lowest BCUT2D eigenvalue weighted by atomic mass is 9.93. The minimum Gasteiger partial charge on any atom is -0.387 e. The number of hydrogen-bond acceptors (Lipinski definition) is 12. The molecule has 6 atom stereocenters. The Kier molecular flexibility index (Phi) is 7.68. The lowest BCUT2D eigenvalue weighted by molar-refractivity contribution is -0.128. The first-order chi connectivity index (χ1) is 14.0. The normalized spacial score (nSPS) is 30.6. The van der Waals surface area contributed by atoms with Gasteiger partial charge in [0.2, 0.25) is 0 Å². The fraction of sp³-hybridized carbons (Fsp3) is 0.636. The Hall–Kier alpha value is -1.03. The molecule has 178 valence electrons. The molecule has 0 aliphatic carbocycles. The maximum absolute atomic E-state index is 12.0. The summed E-state index contributed by atoms with van der Waals surface area (Å²) in [6.45, 7) is 0.391. The van der Waals surface area contributed by atoms with Crippen LogP contribution in [0.15, 0.2) is 17.1 Å². The van der Waals surface area contributed by atoms with Crippen molar-refractivity contribution in [2.75, 3.05) is 12.3 Å². The standard InChI is InChI=1S/C11H20N3O14P3/c1-2-11(5-25-30(21,22)28-31(23,24)27-29(18,19)20)8(16)7(15)9(26-11)14-4-3-6(12)13-10(14)17/h3-4,7-9,15-16H,2,5H2,1H3,(H,21,22)(H,23,24)(H2,12,13,17)(H2,18,19,20)/t7-,8+,9-,11-/m1/s1. The van der Waals surface area contributed by atoms with Gasteiger partial charge in [-0.1, -0.05) is 6.92 Å². The molecule has 1 aromatic heterocycles. The van der Waals surface area contributed by atoms with Crippen LogP contribution >= 0.6 is 23.5 Å². The SMILES string of the molecule is CC[C@]1(COP(=O)(O)OP(=O)(O)OP(=O)(O)O)O[C@@H](n2ccc(N)nc2=O)[C@H](O)[C@@H]1O. The molecule has 2 unspecified atom stereocenters. The van der Waals surface area contributed by atoms with Crippen molar-refractivity contribution >= 4 is 29.3 Å². The van der Waals surface area contributed by atoms with E-state index in [1.165, 1.54) is 13.0 Å². The van der Waals surface area contributed by atoms with Gasteiger partial charge in [0, 0.05) is 6.20 Å². The van der Waals surface area contributed by atoms with E-state index in [2.05, 4.69) is 18.1 Å². The molecule has 1 saturated heterocycles. The van der Waals surface area contributed by atoms with Crippen LogP contribution in [0, 0.1) is 0 Å². The zero-order valence-corrected chi connectivity index (χ0v) is 18.2. The Morgan fingerprint density at radius 1 is 1.19 bits per heavy atom. The van der Waals surface area contributed by atoms with Gasteiger partial charge in [-0.2, -0.15) is 13.6 Å². The maximum atomic E-state index is 12.0. The first kappa shape index (κ1) is 26.2. The second-order valence-corrected chi connectivity index (χ2v) is 10.7. The van der Waals surface area contributed by atoms with E-state index >= 15 is 0 Å². The molecule has 8 N–H and O–H groups in total. The minimum atomic E-state index is -5.75. The molecule has 20 heteroatoms. The lowest BCUT2D eigenvalue weighted by Crippen LogP contribution is -2.46. The van der Waals surface area contributed by atoms with Gasteiger partial charge in [-0.25, -0.2) is 18.5 Å². The van der Waals surface area contributed by atoms with Crippen molar-refractivity contribution in [3.05, 3.63) is 22.7 Å². The second-order valence-electron chi connectivity index (χ2n) is 6.27. The number of hydrogen-bond donors (Lipinski definition) is 7. The van der Waals surface area contributed by atoms with Crippen LogP contribution in [-0.2, 0) is 31.6 Å². The Morgan fingerprint density at radius 3 is 2.32 bits per heavy atom. The highest BCUT2D eigenvalue weighted by atomic mass is 31.3. The minimum absolute atomic E-state index is 0.122. The fourth-order valence-electron chi connectivity index (χ4n) is 2.70. The number of nitrogens with two attached hydrogens (primary N) is 1. The Bertz CT molecular complexity index is 1010. The van der Waals surface area contributed by atoms with Crippen LogP contribution in [0.5, 0.6) is 0 Å². The summed E-state index contributed by atoms with van der Waals surface area (Å²) in [6, 6.07) is 1.21. The molecule has 1 aliphatic rings. The van der Waals surface area contributed by atoms with Crippen molar-refractivity contribution in [3.63, 3.8) is 0 Å². The highest BCUT2D eigenvalue weighted by Crippen LogP contribution is 2.66. The first-order valence-electron chi connectivity index (χ1n) is 8.18. The van der Waals surface area contributed by atoms with Gasteiger partial charge in [0.05, 0.1) is 6.61 Å². The topological polar surface area (TPSA) is 270 Å². The first-order valence-corrected chi connectivity index (χ1v) is 12.7. The van der Waals surface area contributed by atoms with Crippen LogP contribution in [-0.4, -0.2) is 63.8 Å². The summed E-state index contributed by atoms with van der Waals surface area (Å²) >= 11 is 0. The number of nitrogens with zero attached hydrogens (tertiary/aromatic N) is 2. The quantitative estimate of drug-likeness (QED) is 0.187. The third-order valence-corrected chi connectivity index (χ3v) is 7.90. The fourth-order valence-corrected chi connectivity index (χ4v) is 5.77. The molecule has 17 nitrogen and oxygen atoms in total. The summed E-state index contributed by atoms with van der Waals surface area (Å²) in [5, 5.41) is 20.7. The van der Waals surface area contributed by atoms with Crippen LogP contribution in [0.1, 0.15) is 19.6 Å². The van der Waals surface area contributed by atoms with Gasteiger partial charge in [-0.3, -0.25) is 9.09 Å². The van der Waals surface area contributed by atoms with Crippen molar-refractivity contribution in [3.8, 4) is 0 Å². The third kappa shape index (κ3) is 6.49. The summed E-state index contributed by atoms with van der Waals surface area (Å²) in [6.07, 6.45) is -4.10.